The van der Waals surface area contributed by atoms with Gasteiger partial charge in [-0.1, -0.05) is 22.6 Å². The number of hydrogen-bond donors (Lipinski definition) is 2. The van der Waals surface area contributed by atoms with Crippen molar-refractivity contribution in [3.8, 4) is 0 Å². The third kappa shape index (κ3) is 6.80. The van der Waals surface area contributed by atoms with E-state index >= 15 is 0 Å². The molecule has 0 rings (SSSR count). The first-order chi connectivity index (χ1) is 6.93. The summed E-state index contributed by atoms with van der Waals surface area (Å²) in [5.41, 5.74) is -0.284. The lowest BCUT2D eigenvalue weighted by atomic mass is 9.99. The quantitative estimate of drug-likeness (QED) is 0.438. The fourth-order valence-electron chi connectivity index (χ4n) is 1.28. The van der Waals surface area contributed by atoms with Gasteiger partial charge in [0, 0.05) is 5.54 Å². The number of Topliss-reactive ketones (excluding diaryl/α,β-unsaturated/α-hetero) is 1. The lowest BCUT2D eigenvalue weighted by Crippen LogP contribution is -2.53. The van der Waals surface area contributed by atoms with Gasteiger partial charge < -0.3 is 5.32 Å². The van der Waals surface area contributed by atoms with Gasteiger partial charge in [0.15, 0.2) is 5.78 Å². The number of halogens is 1. The molecule has 0 aliphatic heterocycles. The summed E-state index contributed by atoms with van der Waals surface area (Å²) in [5, 5.41) is 3.06. The van der Waals surface area contributed by atoms with E-state index in [1.807, 2.05) is 43.4 Å². The Bertz CT molecular complexity index is 318. The number of nitrogens with one attached hydrogen (secondary N) is 1. The summed E-state index contributed by atoms with van der Waals surface area (Å²) in [7, 11) is -2.56. The topological polar surface area (TPSA) is 63.2 Å². The number of ketones is 1. The second-order valence-corrected chi connectivity index (χ2v) is 9.03. The van der Waals surface area contributed by atoms with Crippen LogP contribution in [-0.4, -0.2) is 35.0 Å². The molecule has 0 amide bonds. The van der Waals surface area contributed by atoms with Crippen LogP contribution in [0.25, 0.3) is 0 Å². The summed E-state index contributed by atoms with van der Waals surface area (Å²) in [6.45, 7) is 9.29. The molecule has 0 spiro atoms. The molecule has 16 heavy (non-hydrogen) atoms. The third-order valence-electron chi connectivity index (χ3n) is 1.84. The van der Waals surface area contributed by atoms with Gasteiger partial charge in [-0.15, -0.1) is 0 Å². The van der Waals surface area contributed by atoms with E-state index in [2.05, 4.69) is 5.32 Å². The minimum absolute atomic E-state index is 0.0813. The smallest absolute Gasteiger partial charge is 0.166 e. The maximum Gasteiger partial charge on any atom is 0.166 e. The van der Waals surface area contributed by atoms with E-state index in [0.717, 1.165) is 0 Å². The Morgan fingerprint density at radius 2 is 1.69 bits per heavy atom. The molecule has 0 aromatic rings. The van der Waals surface area contributed by atoms with Crippen LogP contribution in [0, 0.1) is 0 Å². The highest BCUT2D eigenvalue weighted by molar-refractivity contribution is 14.1. The lowest BCUT2D eigenvalue weighted by Gasteiger charge is -2.29. The van der Waals surface area contributed by atoms with Crippen molar-refractivity contribution in [3.63, 3.8) is 0 Å². The highest BCUT2D eigenvalue weighted by Gasteiger charge is 2.33. The monoisotopic (exact) mass is 361 g/mol. The fraction of sp³-hybridized carbons (Fsp3) is 0.900. The van der Waals surface area contributed by atoms with Crippen molar-refractivity contribution in [2.24, 2.45) is 0 Å². The van der Waals surface area contributed by atoms with Crippen LogP contribution in [-0.2, 0) is 15.5 Å². The van der Waals surface area contributed by atoms with Crippen LogP contribution in [0.15, 0.2) is 0 Å². The summed E-state index contributed by atoms with van der Waals surface area (Å²) >= 11 is 2.03. The molecule has 96 valence electrons. The number of alkyl halides is 1. The second kappa shape index (κ2) is 5.77. The number of rotatable bonds is 5. The summed E-state index contributed by atoms with van der Waals surface area (Å²) in [5.74, 6) is -0.222. The first-order valence-corrected chi connectivity index (χ1v) is 7.50. The summed E-state index contributed by atoms with van der Waals surface area (Å²) in [6, 6.07) is -0.631. The molecule has 0 aliphatic carbocycles. The van der Waals surface area contributed by atoms with Crippen LogP contribution in [0.3, 0.4) is 0 Å². The SMILES string of the molecule is CC(C)(C)NC(C[SH](=O)=O)C(=O)C(C)(C)I. The third-order valence-corrected chi connectivity index (χ3v) is 3.04. The van der Waals surface area contributed by atoms with Crippen LogP contribution in [0.2, 0.25) is 0 Å². The van der Waals surface area contributed by atoms with Gasteiger partial charge in [0.05, 0.1) is 15.2 Å². The molecule has 6 heteroatoms. The molecule has 0 radical (unpaired) electrons. The zero-order valence-corrected chi connectivity index (χ0v) is 13.4. The Morgan fingerprint density at radius 3 is 1.94 bits per heavy atom. The Morgan fingerprint density at radius 1 is 1.25 bits per heavy atom. The molecular formula is C10H20INO3S. The molecule has 0 bridgehead atoms. The minimum Gasteiger partial charge on any atom is -0.302 e. The minimum atomic E-state index is -2.56. The van der Waals surface area contributed by atoms with Crippen molar-refractivity contribution in [3.05, 3.63) is 0 Å². The second-order valence-electron chi connectivity index (χ2n) is 5.30. The van der Waals surface area contributed by atoms with E-state index in [4.69, 9.17) is 0 Å². The summed E-state index contributed by atoms with van der Waals surface area (Å²) in [6.07, 6.45) is 0. The summed E-state index contributed by atoms with van der Waals surface area (Å²) < 4.78 is 21.0. The predicted molar refractivity (Wildman–Crippen MR) is 75.0 cm³/mol. The number of carbonyl (C=O) groups excluding carboxylic acids is 1. The first kappa shape index (κ1) is 16.3. The molecule has 0 saturated carbocycles. The molecule has 0 aromatic carbocycles. The average molecular weight is 361 g/mol. The van der Waals surface area contributed by atoms with Gasteiger partial charge in [0.25, 0.3) is 0 Å². The largest absolute Gasteiger partial charge is 0.302 e. The highest BCUT2D eigenvalue weighted by atomic mass is 127. The Labute approximate surface area is 113 Å². The first-order valence-electron chi connectivity index (χ1n) is 5.06. The number of carbonyl (C=O) groups is 1. The lowest BCUT2D eigenvalue weighted by molar-refractivity contribution is -0.122. The van der Waals surface area contributed by atoms with Gasteiger partial charge in [-0.05, 0) is 34.6 Å². The predicted octanol–water partition coefficient (Wildman–Crippen LogP) is 1.14. The van der Waals surface area contributed by atoms with E-state index in [0.29, 0.717) is 0 Å². The maximum atomic E-state index is 12.0. The Balaban J connectivity index is 4.88. The van der Waals surface area contributed by atoms with Crippen LogP contribution < -0.4 is 5.32 Å². The average Bonchev–Trinajstić information content (AvgIpc) is 1.96. The van der Waals surface area contributed by atoms with Crippen molar-refractivity contribution >= 4 is 39.1 Å². The molecular weight excluding hydrogens is 341 g/mol. The van der Waals surface area contributed by atoms with Crippen molar-refractivity contribution in [1.29, 1.82) is 0 Å². The van der Waals surface area contributed by atoms with Gasteiger partial charge in [0.2, 0.25) is 0 Å². The molecule has 0 heterocycles. The van der Waals surface area contributed by atoms with Crippen LogP contribution in [0.5, 0.6) is 0 Å². The normalized spacial score (nSPS) is 15.2. The maximum absolute atomic E-state index is 12.0. The fourth-order valence-corrected chi connectivity index (χ4v) is 2.21. The molecule has 0 aliphatic rings. The van der Waals surface area contributed by atoms with Gasteiger partial charge in [-0.2, -0.15) is 0 Å². The highest BCUT2D eigenvalue weighted by Crippen LogP contribution is 2.20. The molecule has 1 atom stereocenters. The van der Waals surface area contributed by atoms with Crippen LogP contribution in [0.1, 0.15) is 34.6 Å². The molecule has 1 unspecified atom stereocenters. The molecule has 0 aromatic heterocycles. The van der Waals surface area contributed by atoms with Gasteiger partial charge in [-0.3, -0.25) is 4.79 Å². The molecule has 0 fully saturated rings. The zero-order chi connectivity index (χ0) is 13.1. The molecule has 0 saturated heterocycles. The van der Waals surface area contributed by atoms with E-state index in [-0.39, 0.29) is 17.1 Å². The van der Waals surface area contributed by atoms with Crippen molar-refractivity contribution in [2.75, 3.05) is 5.75 Å². The van der Waals surface area contributed by atoms with Crippen molar-refractivity contribution in [2.45, 2.75) is 49.6 Å². The van der Waals surface area contributed by atoms with Gasteiger partial charge in [0.1, 0.15) is 10.7 Å². The van der Waals surface area contributed by atoms with E-state index < -0.39 is 20.2 Å². The van der Waals surface area contributed by atoms with Crippen LogP contribution in [0.4, 0.5) is 0 Å². The van der Waals surface area contributed by atoms with Gasteiger partial charge in [-0.25, -0.2) is 8.42 Å². The molecule has 4 nitrogen and oxygen atoms in total. The number of hydrogen-bond acceptors (Lipinski definition) is 4. The summed E-state index contributed by atoms with van der Waals surface area (Å²) in [4.78, 5) is 12.0. The Hall–Kier alpha value is 0.310. The van der Waals surface area contributed by atoms with E-state index in [1.54, 1.807) is 13.8 Å². The van der Waals surface area contributed by atoms with E-state index in [1.165, 1.54) is 0 Å². The van der Waals surface area contributed by atoms with E-state index in [9.17, 15) is 13.2 Å². The number of thiol groups is 1. The van der Waals surface area contributed by atoms with Crippen molar-refractivity contribution < 1.29 is 13.2 Å². The van der Waals surface area contributed by atoms with Crippen molar-refractivity contribution in [1.82, 2.24) is 5.32 Å². The van der Waals surface area contributed by atoms with Crippen LogP contribution >= 0.6 is 22.6 Å². The standard InChI is InChI=1S/C10H20INO3S/c1-9(2,3)12-7(6-16(14)15)8(13)10(4,5)11/h7,12,16H,6H2,1-5H3. The molecule has 1 N–H and O–H groups in total. The zero-order valence-electron chi connectivity index (χ0n) is 10.3. The Kier molecular flexibility index (Phi) is 5.88. The van der Waals surface area contributed by atoms with Gasteiger partial charge >= 0.3 is 0 Å².